The van der Waals surface area contributed by atoms with Crippen LogP contribution < -0.4 is 25.4 Å². The highest BCUT2D eigenvalue weighted by Crippen LogP contribution is 2.30. The van der Waals surface area contributed by atoms with Gasteiger partial charge in [0.05, 0.1) is 12.3 Å². The van der Waals surface area contributed by atoms with Gasteiger partial charge in [0.2, 0.25) is 5.91 Å². The molecule has 3 aromatic carbocycles. The number of urea groups is 1. The van der Waals surface area contributed by atoms with Gasteiger partial charge in [-0.25, -0.2) is 4.79 Å². The van der Waals surface area contributed by atoms with Gasteiger partial charge in [0, 0.05) is 18.7 Å². The SMILES string of the molecule is CCOc1ccc(Oc2ccccc2NC(=O)CCNC(=O)Nc2ccccc2)cc1. The van der Waals surface area contributed by atoms with E-state index in [1.54, 1.807) is 36.4 Å². The number of hydrogen-bond acceptors (Lipinski definition) is 4. The minimum Gasteiger partial charge on any atom is -0.494 e. The number of ether oxygens (including phenoxy) is 2. The van der Waals surface area contributed by atoms with Crippen LogP contribution in [0.15, 0.2) is 78.9 Å². The molecule has 3 amide bonds. The fraction of sp³-hybridized carbons (Fsp3) is 0.167. The minimum atomic E-state index is -0.363. The van der Waals surface area contributed by atoms with E-state index in [0.29, 0.717) is 29.5 Å². The van der Waals surface area contributed by atoms with Crippen LogP contribution in [0.2, 0.25) is 0 Å². The van der Waals surface area contributed by atoms with Gasteiger partial charge in [0.25, 0.3) is 0 Å². The molecular formula is C24H25N3O4. The lowest BCUT2D eigenvalue weighted by Crippen LogP contribution is -2.31. The Morgan fingerprint density at radius 2 is 1.48 bits per heavy atom. The predicted octanol–water partition coefficient (Wildman–Crippen LogP) is 5.03. The van der Waals surface area contributed by atoms with Crippen molar-refractivity contribution in [3.05, 3.63) is 78.9 Å². The van der Waals surface area contributed by atoms with Crippen LogP contribution in [0.25, 0.3) is 0 Å². The van der Waals surface area contributed by atoms with Gasteiger partial charge in [-0.3, -0.25) is 4.79 Å². The summed E-state index contributed by atoms with van der Waals surface area (Å²) in [6, 6.07) is 23.2. The molecule has 0 heterocycles. The number of benzene rings is 3. The van der Waals surface area contributed by atoms with Gasteiger partial charge in [-0.2, -0.15) is 0 Å². The number of amides is 3. The number of anilines is 2. The molecule has 0 unspecified atom stereocenters. The Morgan fingerprint density at radius 3 is 2.23 bits per heavy atom. The van der Waals surface area contributed by atoms with Crippen LogP contribution in [-0.2, 0) is 4.79 Å². The van der Waals surface area contributed by atoms with E-state index < -0.39 is 0 Å². The zero-order valence-corrected chi connectivity index (χ0v) is 17.3. The van der Waals surface area contributed by atoms with Crippen LogP contribution in [0.4, 0.5) is 16.2 Å². The zero-order valence-electron chi connectivity index (χ0n) is 17.3. The van der Waals surface area contributed by atoms with E-state index in [9.17, 15) is 9.59 Å². The molecule has 7 nitrogen and oxygen atoms in total. The number of para-hydroxylation sites is 3. The Labute approximate surface area is 181 Å². The topological polar surface area (TPSA) is 88.7 Å². The highest BCUT2D eigenvalue weighted by Gasteiger charge is 2.09. The molecule has 0 spiro atoms. The molecule has 0 atom stereocenters. The van der Waals surface area contributed by atoms with E-state index >= 15 is 0 Å². The van der Waals surface area contributed by atoms with Gasteiger partial charge >= 0.3 is 6.03 Å². The summed E-state index contributed by atoms with van der Waals surface area (Å²) in [4.78, 5) is 24.2. The van der Waals surface area contributed by atoms with E-state index in [-0.39, 0.29) is 24.9 Å². The standard InChI is InChI=1S/C24H25N3O4/c1-2-30-19-12-14-20(15-13-19)31-22-11-7-6-10-21(22)27-23(28)16-17-25-24(29)26-18-8-4-3-5-9-18/h3-15H,2,16-17H2,1H3,(H,27,28)(H2,25,26,29). The second kappa shape index (κ2) is 11.3. The van der Waals surface area contributed by atoms with Crippen LogP contribution in [0.3, 0.4) is 0 Å². The first-order chi connectivity index (χ1) is 15.1. The summed E-state index contributed by atoms with van der Waals surface area (Å²) in [5.41, 5.74) is 1.24. The number of carbonyl (C=O) groups excluding carboxylic acids is 2. The van der Waals surface area contributed by atoms with Crippen LogP contribution in [0, 0.1) is 0 Å². The van der Waals surface area contributed by atoms with Crippen LogP contribution in [0.1, 0.15) is 13.3 Å². The highest BCUT2D eigenvalue weighted by atomic mass is 16.5. The summed E-state index contributed by atoms with van der Waals surface area (Å²) >= 11 is 0. The Balaban J connectivity index is 1.49. The third kappa shape index (κ3) is 7.08. The van der Waals surface area contributed by atoms with Gasteiger partial charge in [0.1, 0.15) is 11.5 Å². The second-order valence-corrected chi connectivity index (χ2v) is 6.55. The van der Waals surface area contributed by atoms with Crippen molar-refractivity contribution in [2.75, 3.05) is 23.8 Å². The maximum absolute atomic E-state index is 12.3. The molecule has 0 aliphatic carbocycles. The van der Waals surface area contributed by atoms with Crippen LogP contribution >= 0.6 is 0 Å². The van der Waals surface area contributed by atoms with Gasteiger partial charge in [-0.1, -0.05) is 30.3 Å². The Hall–Kier alpha value is -4.00. The molecule has 3 rings (SSSR count). The molecule has 0 aliphatic rings. The molecule has 31 heavy (non-hydrogen) atoms. The average Bonchev–Trinajstić information content (AvgIpc) is 2.77. The summed E-state index contributed by atoms with van der Waals surface area (Å²) in [7, 11) is 0. The quantitative estimate of drug-likeness (QED) is 0.454. The Bertz CT molecular complexity index is 991. The molecule has 0 radical (unpaired) electrons. The molecule has 3 N–H and O–H groups in total. The van der Waals surface area contributed by atoms with Crippen LogP contribution in [-0.4, -0.2) is 25.1 Å². The zero-order chi connectivity index (χ0) is 21.9. The maximum Gasteiger partial charge on any atom is 0.319 e. The molecule has 0 fully saturated rings. The largest absolute Gasteiger partial charge is 0.494 e. The van der Waals surface area contributed by atoms with E-state index in [1.165, 1.54) is 0 Å². The van der Waals surface area contributed by atoms with E-state index in [0.717, 1.165) is 5.75 Å². The van der Waals surface area contributed by atoms with Crippen molar-refractivity contribution in [3.63, 3.8) is 0 Å². The fourth-order valence-electron chi connectivity index (χ4n) is 2.76. The van der Waals surface area contributed by atoms with Crippen molar-refractivity contribution < 1.29 is 19.1 Å². The third-order valence-corrected chi connectivity index (χ3v) is 4.19. The van der Waals surface area contributed by atoms with Gasteiger partial charge < -0.3 is 25.4 Å². The van der Waals surface area contributed by atoms with Crippen molar-refractivity contribution in [1.82, 2.24) is 5.32 Å². The lowest BCUT2D eigenvalue weighted by atomic mass is 10.2. The third-order valence-electron chi connectivity index (χ3n) is 4.19. The fourth-order valence-corrected chi connectivity index (χ4v) is 2.76. The first kappa shape index (κ1) is 21.7. The first-order valence-electron chi connectivity index (χ1n) is 10.0. The highest BCUT2D eigenvalue weighted by molar-refractivity contribution is 5.93. The smallest absolute Gasteiger partial charge is 0.319 e. The normalized spacial score (nSPS) is 10.1. The molecule has 0 aliphatic heterocycles. The van der Waals surface area contributed by atoms with E-state index in [4.69, 9.17) is 9.47 Å². The molecule has 0 bridgehead atoms. The Morgan fingerprint density at radius 1 is 0.806 bits per heavy atom. The van der Waals surface area contributed by atoms with Gasteiger partial charge in [0.15, 0.2) is 5.75 Å². The minimum absolute atomic E-state index is 0.125. The maximum atomic E-state index is 12.3. The summed E-state index contributed by atoms with van der Waals surface area (Å²) < 4.78 is 11.3. The predicted molar refractivity (Wildman–Crippen MR) is 121 cm³/mol. The molecule has 160 valence electrons. The van der Waals surface area contributed by atoms with E-state index in [2.05, 4.69) is 16.0 Å². The van der Waals surface area contributed by atoms with Crippen molar-refractivity contribution in [3.8, 4) is 17.2 Å². The monoisotopic (exact) mass is 419 g/mol. The average molecular weight is 419 g/mol. The molecule has 0 saturated heterocycles. The number of rotatable bonds is 9. The number of carbonyl (C=O) groups is 2. The van der Waals surface area contributed by atoms with Crippen molar-refractivity contribution in [1.29, 1.82) is 0 Å². The molecule has 7 heteroatoms. The summed E-state index contributed by atoms with van der Waals surface area (Å²) in [5.74, 6) is 1.68. The molecule has 0 aromatic heterocycles. The molecule has 3 aromatic rings. The lowest BCUT2D eigenvalue weighted by molar-refractivity contribution is -0.116. The Kier molecular flexibility index (Phi) is 7.88. The summed E-state index contributed by atoms with van der Waals surface area (Å²) in [6.07, 6.45) is 0.125. The van der Waals surface area contributed by atoms with Crippen molar-refractivity contribution >= 4 is 23.3 Å². The van der Waals surface area contributed by atoms with Gasteiger partial charge in [-0.15, -0.1) is 0 Å². The molecular weight excluding hydrogens is 394 g/mol. The summed E-state index contributed by atoms with van der Waals surface area (Å²) in [5, 5.41) is 8.19. The first-order valence-corrected chi connectivity index (χ1v) is 10.0. The van der Waals surface area contributed by atoms with Crippen molar-refractivity contribution in [2.24, 2.45) is 0 Å². The summed E-state index contributed by atoms with van der Waals surface area (Å²) in [6.45, 7) is 2.72. The van der Waals surface area contributed by atoms with Crippen LogP contribution in [0.5, 0.6) is 17.2 Å². The second-order valence-electron chi connectivity index (χ2n) is 6.55. The van der Waals surface area contributed by atoms with Gasteiger partial charge in [-0.05, 0) is 55.5 Å². The number of hydrogen-bond donors (Lipinski definition) is 3. The number of nitrogens with one attached hydrogen (secondary N) is 3. The lowest BCUT2D eigenvalue weighted by Gasteiger charge is -2.13. The van der Waals surface area contributed by atoms with Crippen molar-refractivity contribution in [2.45, 2.75) is 13.3 Å². The van der Waals surface area contributed by atoms with E-state index in [1.807, 2.05) is 49.4 Å². The molecule has 0 saturated carbocycles.